The molecule has 0 aromatic carbocycles. The van der Waals surface area contributed by atoms with Crippen molar-refractivity contribution in [2.24, 2.45) is 11.3 Å². The third kappa shape index (κ3) is 2.77. The second-order valence-corrected chi connectivity index (χ2v) is 6.29. The first-order valence-electron chi connectivity index (χ1n) is 6.38. The van der Waals surface area contributed by atoms with Gasteiger partial charge in [-0.2, -0.15) is 0 Å². The Morgan fingerprint density at radius 3 is 2.61 bits per heavy atom. The first-order chi connectivity index (χ1) is 8.31. The minimum absolute atomic E-state index is 0.191. The van der Waals surface area contributed by atoms with Crippen molar-refractivity contribution in [2.75, 3.05) is 0 Å². The van der Waals surface area contributed by atoms with Crippen molar-refractivity contribution in [2.45, 2.75) is 52.1 Å². The van der Waals surface area contributed by atoms with E-state index in [1.54, 1.807) is 6.08 Å². The van der Waals surface area contributed by atoms with Crippen molar-refractivity contribution < 1.29 is 19.5 Å². The number of rotatable bonds is 1. The molecule has 1 fully saturated rings. The van der Waals surface area contributed by atoms with E-state index in [0.717, 1.165) is 25.7 Å². The summed E-state index contributed by atoms with van der Waals surface area (Å²) in [4.78, 5) is 16.0. The van der Waals surface area contributed by atoms with Crippen molar-refractivity contribution in [3.8, 4) is 0 Å². The molecule has 102 valence electrons. The second-order valence-electron chi connectivity index (χ2n) is 6.29. The van der Waals surface area contributed by atoms with Gasteiger partial charge in [-0.25, -0.2) is 10.3 Å². The summed E-state index contributed by atoms with van der Waals surface area (Å²) in [5.74, 6) is 0.876. The molecule has 0 aromatic heterocycles. The average Bonchev–Trinajstić information content (AvgIpc) is 2.60. The van der Waals surface area contributed by atoms with E-state index < -0.39 is 6.16 Å². The van der Waals surface area contributed by atoms with Crippen LogP contribution in [0.15, 0.2) is 12.0 Å². The molecule has 0 amide bonds. The van der Waals surface area contributed by atoms with E-state index in [0.29, 0.717) is 11.3 Å². The van der Waals surface area contributed by atoms with Crippen molar-refractivity contribution in [3.05, 3.63) is 12.0 Å². The Kier molecular flexibility index (Phi) is 3.27. The normalized spacial score (nSPS) is 31.9. The van der Waals surface area contributed by atoms with E-state index in [2.05, 4.69) is 31.0 Å². The van der Waals surface area contributed by atoms with E-state index in [-0.39, 0.29) is 11.5 Å². The van der Waals surface area contributed by atoms with Gasteiger partial charge in [0.25, 0.3) is 0 Å². The second kappa shape index (κ2) is 4.46. The zero-order valence-electron chi connectivity index (χ0n) is 11.2. The quantitative estimate of drug-likeness (QED) is 0.705. The molecule has 1 heterocycles. The van der Waals surface area contributed by atoms with Gasteiger partial charge in [0.1, 0.15) is 5.60 Å². The average molecular weight is 255 g/mol. The largest absolute Gasteiger partial charge is 0.512 e. The highest BCUT2D eigenvalue weighted by molar-refractivity contribution is 5.58. The molecule has 0 radical (unpaired) electrons. The van der Waals surface area contributed by atoms with E-state index in [9.17, 15) is 4.79 Å². The molecule has 1 saturated carbocycles. The van der Waals surface area contributed by atoms with Gasteiger partial charge in [-0.1, -0.05) is 20.8 Å². The topological polar surface area (TPSA) is 67.8 Å². The Morgan fingerprint density at radius 2 is 2.11 bits per heavy atom. The Morgan fingerprint density at radius 1 is 1.50 bits per heavy atom. The fraction of sp³-hybridized carbons (Fsp3) is 0.769. The molecule has 1 aliphatic carbocycles. The highest BCUT2D eigenvalue weighted by atomic mass is 16.7. The first kappa shape index (κ1) is 13.2. The summed E-state index contributed by atoms with van der Waals surface area (Å²) in [5, 5.41) is 8.55. The molecule has 0 bridgehead atoms. The van der Waals surface area contributed by atoms with Crippen molar-refractivity contribution >= 4 is 6.16 Å². The highest BCUT2D eigenvalue weighted by Crippen LogP contribution is 2.44. The summed E-state index contributed by atoms with van der Waals surface area (Å²) in [6.07, 6.45) is 4.41. The number of nitrogens with one attached hydrogen (secondary N) is 1. The maximum atomic E-state index is 10.5. The maximum absolute atomic E-state index is 10.5. The van der Waals surface area contributed by atoms with Crippen LogP contribution < -0.4 is 5.48 Å². The van der Waals surface area contributed by atoms with Crippen LogP contribution in [0.1, 0.15) is 46.5 Å². The number of hydroxylamine groups is 1. The number of carbonyl (C=O) groups is 1. The van der Waals surface area contributed by atoms with Gasteiger partial charge in [-0.05, 0) is 37.0 Å². The molecule has 5 heteroatoms. The van der Waals surface area contributed by atoms with Crippen LogP contribution in [-0.2, 0) is 9.57 Å². The maximum Gasteiger partial charge on any atom is 0.512 e. The van der Waals surface area contributed by atoms with Crippen molar-refractivity contribution in [1.82, 2.24) is 5.48 Å². The molecular formula is C13H21NO4. The lowest BCUT2D eigenvalue weighted by molar-refractivity contribution is -0.0835. The summed E-state index contributed by atoms with van der Waals surface area (Å²) in [6.45, 7) is 6.79. The van der Waals surface area contributed by atoms with Crippen LogP contribution >= 0.6 is 0 Å². The predicted octanol–water partition coefficient (Wildman–Crippen LogP) is 3.03. The van der Waals surface area contributed by atoms with Gasteiger partial charge in [0.15, 0.2) is 0 Å². The molecule has 2 rings (SSSR count). The number of ether oxygens (including phenoxy) is 1. The number of hydrogen-bond donors (Lipinski definition) is 2. The van der Waals surface area contributed by atoms with Gasteiger partial charge >= 0.3 is 6.16 Å². The van der Waals surface area contributed by atoms with Crippen LogP contribution in [0.4, 0.5) is 4.79 Å². The Balaban J connectivity index is 1.97. The first-order valence-corrected chi connectivity index (χ1v) is 6.38. The van der Waals surface area contributed by atoms with Gasteiger partial charge in [0.2, 0.25) is 5.88 Å². The zero-order chi connectivity index (χ0) is 13.4. The molecule has 5 nitrogen and oxygen atoms in total. The van der Waals surface area contributed by atoms with Gasteiger partial charge in [0, 0.05) is 6.08 Å². The molecule has 0 saturated heterocycles. The Bertz CT molecular complexity index is 362. The molecule has 1 aliphatic heterocycles. The Hall–Kier alpha value is -1.23. The smallest absolute Gasteiger partial charge is 0.449 e. The minimum atomic E-state index is -1.32. The summed E-state index contributed by atoms with van der Waals surface area (Å²) in [5.41, 5.74) is 2.49. The summed E-state index contributed by atoms with van der Waals surface area (Å²) in [7, 11) is 0. The standard InChI is InChI=1S/C13H21NO4/c1-12(2,3)9-4-6-13(7-5-9)8-10(14-18-13)17-11(15)16/h8-9,14H,4-7H2,1-3H3,(H,15,16). The number of hydrogen-bond acceptors (Lipinski definition) is 4. The monoisotopic (exact) mass is 255 g/mol. The van der Waals surface area contributed by atoms with Gasteiger partial charge in [-0.15, -0.1) is 0 Å². The van der Waals surface area contributed by atoms with Crippen molar-refractivity contribution in [1.29, 1.82) is 0 Å². The lowest BCUT2D eigenvalue weighted by Gasteiger charge is -2.40. The van der Waals surface area contributed by atoms with Crippen LogP contribution in [0.5, 0.6) is 0 Å². The molecule has 0 aromatic rings. The molecule has 18 heavy (non-hydrogen) atoms. The lowest BCUT2D eigenvalue weighted by Crippen LogP contribution is -2.37. The molecule has 2 aliphatic rings. The van der Waals surface area contributed by atoms with E-state index in [4.69, 9.17) is 9.94 Å². The van der Waals surface area contributed by atoms with E-state index in [1.807, 2.05) is 0 Å². The fourth-order valence-electron chi connectivity index (χ4n) is 2.81. The lowest BCUT2D eigenvalue weighted by atomic mass is 9.68. The summed E-state index contributed by atoms with van der Waals surface area (Å²) in [6, 6.07) is 0. The van der Waals surface area contributed by atoms with Gasteiger partial charge in [0.05, 0.1) is 0 Å². The summed E-state index contributed by atoms with van der Waals surface area (Å²) < 4.78 is 4.57. The number of carboxylic acid groups (broad SMARTS) is 1. The SMILES string of the molecule is CC(C)(C)C1CCC2(C=C(OC(=O)O)NO2)CC1. The van der Waals surface area contributed by atoms with Gasteiger partial charge < -0.3 is 9.84 Å². The zero-order valence-corrected chi connectivity index (χ0v) is 11.2. The van der Waals surface area contributed by atoms with Crippen LogP contribution in [0, 0.1) is 11.3 Å². The predicted molar refractivity (Wildman–Crippen MR) is 65.6 cm³/mol. The molecular weight excluding hydrogens is 234 g/mol. The van der Waals surface area contributed by atoms with Crippen LogP contribution in [0.2, 0.25) is 0 Å². The fourth-order valence-corrected chi connectivity index (χ4v) is 2.81. The third-order valence-electron chi connectivity index (χ3n) is 4.00. The molecule has 1 spiro atoms. The van der Waals surface area contributed by atoms with Crippen LogP contribution in [-0.4, -0.2) is 16.9 Å². The van der Waals surface area contributed by atoms with E-state index >= 15 is 0 Å². The van der Waals surface area contributed by atoms with E-state index in [1.165, 1.54) is 0 Å². The van der Waals surface area contributed by atoms with Gasteiger partial charge in [-0.3, -0.25) is 4.84 Å². The third-order valence-corrected chi connectivity index (χ3v) is 4.00. The van der Waals surface area contributed by atoms with Crippen molar-refractivity contribution in [3.63, 3.8) is 0 Å². The minimum Gasteiger partial charge on any atom is -0.449 e. The molecule has 2 N–H and O–H groups in total. The summed E-state index contributed by atoms with van der Waals surface area (Å²) >= 11 is 0. The Labute approximate surface area is 107 Å². The van der Waals surface area contributed by atoms with Crippen LogP contribution in [0.3, 0.4) is 0 Å². The highest BCUT2D eigenvalue weighted by Gasteiger charge is 2.42. The van der Waals surface area contributed by atoms with Crippen LogP contribution in [0.25, 0.3) is 0 Å². The molecule has 0 atom stereocenters. The molecule has 0 unspecified atom stereocenters.